The van der Waals surface area contributed by atoms with Gasteiger partial charge in [-0.3, -0.25) is 4.79 Å². The average molecular weight is 471 g/mol. The van der Waals surface area contributed by atoms with Crippen molar-refractivity contribution in [3.05, 3.63) is 59.6 Å². The van der Waals surface area contributed by atoms with Gasteiger partial charge in [0.1, 0.15) is 10.9 Å². The predicted molar refractivity (Wildman–Crippen MR) is 135 cm³/mol. The maximum atomic E-state index is 11.5. The first kappa shape index (κ1) is 21.8. The van der Waals surface area contributed by atoms with E-state index in [4.69, 9.17) is 9.72 Å². The molecule has 1 aliphatic rings. The second-order valence-electron chi connectivity index (χ2n) is 7.86. The van der Waals surface area contributed by atoms with Crippen molar-refractivity contribution >= 4 is 50.5 Å². The zero-order valence-corrected chi connectivity index (χ0v) is 19.4. The van der Waals surface area contributed by atoms with Crippen LogP contribution < -0.4 is 15.5 Å². The maximum absolute atomic E-state index is 11.5. The minimum absolute atomic E-state index is 0.152. The van der Waals surface area contributed by atoms with Gasteiger partial charge >= 0.3 is 0 Å². The van der Waals surface area contributed by atoms with E-state index in [-0.39, 0.29) is 5.91 Å². The molecule has 2 aromatic heterocycles. The molecule has 0 unspecified atom stereocenters. The summed E-state index contributed by atoms with van der Waals surface area (Å²) >= 11 is 1.35. The normalized spacial score (nSPS) is 13.5. The number of benzene rings is 2. The first-order chi connectivity index (χ1) is 16.6. The largest absolute Gasteiger partial charge is 0.378 e. The number of nitriles is 1. The van der Waals surface area contributed by atoms with Gasteiger partial charge in [0.05, 0.1) is 29.6 Å². The number of hydrogen-bond donors (Lipinski definition) is 2. The topological polar surface area (TPSA) is 103 Å². The van der Waals surface area contributed by atoms with Crippen molar-refractivity contribution in [1.82, 2.24) is 9.97 Å². The van der Waals surface area contributed by atoms with Crippen LogP contribution in [0.3, 0.4) is 0 Å². The van der Waals surface area contributed by atoms with Crippen LogP contribution in [-0.4, -0.2) is 42.2 Å². The van der Waals surface area contributed by atoms with E-state index in [1.54, 1.807) is 6.20 Å². The standard InChI is InChI=1S/C25H22N6O2S/c1-16(32)28-19-4-2-3-17(13-19)23-21(14-26)34-22-15-27-25(30-24(22)23)29-18-5-7-20(8-6-18)31-9-11-33-12-10-31/h2-8,13,15H,9-12H2,1H3,(H,28,32)(H,27,29,30). The Balaban J connectivity index is 1.45. The molecule has 34 heavy (non-hydrogen) atoms. The highest BCUT2D eigenvalue weighted by Crippen LogP contribution is 2.38. The minimum Gasteiger partial charge on any atom is -0.378 e. The fourth-order valence-electron chi connectivity index (χ4n) is 3.96. The number of thiophene rings is 1. The van der Waals surface area contributed by atoms with Crippen LogP contribution in [-0.2, 0) is 9.53 Å². The number of morpholine rings is 1. The van der Waals surface area contributed by atoms with Crippen LogP contribution in [0.5, 0.6) is 0 Å². The molecule has 3 heterocycles. The highest BCUT2D eigenvalue weighted by Gasteiger charge is 2.17. The molecule has 8 nitrogen and oxygen atoms in total. The Morgan fingerprint density at radius 2 is 1.94 bits per heavy atom. The molecular formula is C25H22N6O2S. The molecule has 4 aromatic rings. The van der Waals surface area contributed by atoms with Crippen molar-refractivity contribution in [2.24, 2.45) is 0 Å². The number of carbonyl (C=O) groups is 1. The molecule has 5 rings (SSSR count). The van der Waals surface area contributed by atoms with Crippen LogP contribution in [0.15, 0.2) is 54.7 Å². The van der Waals surface area contributed by atoms with E-state index >= 15 is 0 Å². The van der Waals surface area contributed by atoms with Crippen LogP contribution in [0, 0.1) is 11.3 Å². The van der Waals surface area contributed by atoms with E-state index in [0.29, 0.717) is 22.0 Å². The summed E-state index contributed by atoms with van der Waals surface area (Å²) in [6.07, 6.45) is 1.74. The summed E-state index contributed by atoms with van der Waals surface area (Å²) in [7, 11) is 0. The second-order valence-corrected chi connectivity index (χ2v) is 8.91. The van der Waals surface area contributed by atoms with Crippen molar-refractivity contribution in [3.63, 3.8) is 0 Å². The Morgan fingerprint density at radius 1 is 1.15 bits per heavy atom. The maximum Gasteiger partial charge on any atom is 0.227 e. The summed E-state index contributed by atoms with van der Waals surface area (Å²) in [6.45, 7) is 4.73. The highest BCUT2D eigenvalue weighted by molar-refractivity contribution is 7.20. The summed E-state index contributed by atoms with van der Waals surface area (Å²) in [6, 6.07) is 17.9. The lowest BCUT2D eigenvalue weighted by atomic mass is 10.0. The Morgan fingerprint density at radius 3 is 2.68 bits per heavy atom. The molecule has 0 atom stereocenters. The number of amides is 1. The predicted octanol–water partition coefficient (Wildman–Crippen LogP) is 4.77. The van der Waals surface area contributed by atoms with E-state index in [1.165, 1.54) is 18.3 Å². The number of aromatic nitrogens is 2. The van der Waals surface area contributed by atoms with Gasteiger partial charge in [-0.15, -0.1) is 11.3 Å². The molecule has 2 aromatic carbocycles. The lowest BCUT2D eigenvalue weighted by molar-refractivity contribution is -0.114. The molecule has 1 amide bonds. The van der Waals surface area contributed by atoms with E-state index < -0.39 is 0 Å². The number of hydrogen-bond acceptors (Lipinski definition) is 8. The van der Waals surface area contributed by atoms with Crippen molar-refractivity contribution in [1.29, 1.82) is 5.26 Å². The number of carbonyl (C=O) groups excluding carboxylic acids is 1. The van der Waals surface area contributed by atoms with Crippen LogP contribution in [0.2, 0.25) is 0 Å². The van der Waals surface area contributed by atoms with Crippen molar-refractivity contribution in [3.8, 4) is 17.2 Å². The molecule has 0 aliphatic carbocycles. The summed E-state index contributed by atoms with van der Waals surface area (Å²) < 4.78 is 6.25. The zero-order chi connectivity index (χ0) is 23.5. The van der Waals surface area contributed by atoms with Gasteiger partial charge in [-0.1, -0.05) is 12.1 Å². The fourth-order valence-corrected chi connectivity index (χ4v) is 4.89. The molecule has 9 heteroatoms. The summed E-state index contributed by atoms with van der Waals surface area (Å²) in [4.78, 5) is 23.5. The van der Waals surface area contributed by atoms with Crippen molar-refractivity contribution < 1.29 is 9.53 Å². The molecule has 1 fully saturated rings. The van der Waals surface area contributed by atoms with E-state index in [1.807, 2.05) is 36.4 Å². The molecule has 0 bridgehead atoms. The zero-order valence-electron chi connectivity index (χ0n) is 18.5. The first-order valence-electron chi connectivity index (χ1n) is 10.9. The van der Waals surface area contributed by atoms with Gasteiger partial charge in [0.15, 0.2) is 0 Å². The molecule has 2 N–H and O–H groups in total. The third kappa shape index (κ3) is 4.55. The fraction of sp³-hybridized carbons (Fsp3) is 0.200. The molecule has 0 saturated carbocycles. The third-order valence-corrected chi connectivity index (χ3v) is 6.52. The number of anilines is 4. The lowest BCUT2D eigenvalue weighted by Gasteiger charge is -2.28. The van der Waals surface area contributed by atoms with Gasteiger partial charge in [0, 0.05) is 42.6 Å². The van der Waals surface area contributed by atoms with Gasteiger partial charge in [-0.25, -0.2) is 9.97 Å². The first-order valence-corrected chi connectivity index (χ1v) is 11.7. The van der Waals surface area contributed by atoms with Crippen LogP contribution in [0.1, 0.15) is 11.8 Å². The molecule has 0 radical (unpaired) electrons. The third-order valence-electron chi connectivity index (χ3n) is 5.50. The van der Waals surface area contributed by atoms with E-state index in [0.717, 1.165) is 53.5 Å². The van der Waals surface area contributed by atoms with Gasteiger partial charge in [-0.2, -0.15) is 5.26 Å². The Bertz CT molecular complexity index is 1390. The van der Waals surface area contributed by atoms with Crippen molar-refractivity contribution in [2.45, 2.75) is 6.92 Å². The van der Waals surface area contributed by atoms with Crippen LogP contribution >= 0.6 is 11.3 Å². The van der Waals surface area contributed by atoms with Gasteiger partial charge in [-0.05, 0) is 42.0 Å². The molecule has 170 valence electrons. The summed E-state index contributed by atoms with van der Waals surface area (Å²) in [5.41, 5.74) is 4.95. The number of rotatable bonds is 5. The van der Waals surface area contributed by atoms with Crippen molar-refractivity contribution in [2.75, 3.05) is 41.8 Å². The Labute approximate surface area is 200 Å². The van der Waals surface area contributed by atoms with Gasteiger partial charge in [0.25, 0.3) is 0 Å². The molecule has 1 saturated heterocycles. The lowest BCUT2D eigenvalue weighted by Crippen LogP contribution is -2.36. The SMILES string of the molecule is CC(=O)Nc1cccc(-c2c(C#N)sc3cnc(Nc4ccc(N5CCOCC5)cc4)nc23)c1. The number of fused-ring (bicyclic) bond motifs is 1. The van der Waals surface area contributed by atoms with Gasteiger partial charge in [0.2, 0.25) is 11.9 Å². The molecule has 0 spiro atoms. The Hall–Kier alpha value is -4.00. The summed E-state index contributed by atoms with van der Waals surface area (Å²) in [5.74, 6) is 0.300. The smallest absolute Gasteiger partial charge is 0.227 e. The highest BCUT2D eigenvalue weighted by atomic mass is 32.1. The van der Waals surface area contributed by atoms with Crippen LogP contribution in [0.4, 0.5) is 23.0 Å². The van der Waals surface area contributed by atoms with Crippen LogP contribution in [0.25, 0.3) is 21.3 Å². The van der Waals surface area contributed by atoms with E-state index in [9.17, 15) is 10.1 Å². The summed E-state index contributed by atoms with van der Waals surface area (Å²) in [5, 5.41) is 15.8. The molecular weight excluding hydrogens is 448 g/mol. The number of ether oxygens (including phenoxy) is 1. The van der Waals surface area contributed by atoms with Gasteiger partial charge < -0.3 is 20.3 Å². The minimum atomic E-state index is -0.152. The second kappa shape index (κ2) is 9.47. The quantitative estimate of drug-likeness (QED) is 0.433. The number of nitrogens with one attached hydrogen (secondary N) is 2. The number of nitrogens with zero attached hydrogens (tertiary/aromatic N) is 4. The molecule has 1 aliphatic heterocycles. The Kier molecular flexibility index (Phi) is 6.08. The monoisotopic (exact) mass is 470 g/mol. The average Bonchev–Trinajstić information content (AvgIpc) is 3.23. The van der Waals surface area contributed by atoms with E-state index in [2.05, 4.69) is 38.7 Å².